The molecular formula is C16H20N2O3S. The molecule has 0 aliphatic carbocycles. The maximum Gasteiger partial charge on any atom is 0.319 e. The van der Waals surface area contributed by atoms with Gasteiger partial charge in [-0.25, -0.2) is 4.79 Å². The Morgan fingerprint density at radius 3 is 3.00 bits per heavy atom. The molecular weight excluding hydrogens is 300 g/mol. The van der Waals surface area contributed by atoms with Crippen molar-refractivity contribution in [1.82, 2.24) is 5.32 Å². The molecule has 1 aromatic heterocycles. The van der Waals surface area contributed by atoms with E-state index in [1.165, 1.54) is 11.3 Å². The molecule has 2 aromatic rings. The number of carbonyl (C=O) groups excluding carboxylic acids is 1. The van der Waals surface area contributed by atoms with Gasteiger partial charge < -0.3 is 20.5 Å². The maximum absolute atomic E-state index is 11.8. The number of ether oxygens (including phenoxy) is 1. The Balaban J connectivity index is 1.81. The monoisotopic (exact) mass is 320 g/mol. The standard InChI is InChI=1S/C16H20N2O3S/c1-2-7-21-14-5-3-4-13(9-14)18-16(20)17-10-15(19)12-6-8-22-11-12/h3-6,8-9,11,15,19H,2,7,10H2,1H3,(H2,17,18,20). The average Bonchev–Trinajstić information content (AvgIpc) is 3.05. The predicted molar refractivity (Wildman–Crippen MR) is 88.5 cm³/mol. The van der Waals surface area contributed by atoms with Crippen molar-refractivity contribution < 1.29 is 14.6 Å². The van der Waals surface area contributed by atoms with Crippen LogP contribution in [0.2, 0.25) is 0 Å². The molecule has 1 aromatic carbocycles. The van der Waals surface area contributed by atoms with Crippen LogP contribution < -0.4 is 15.4 Å². The van der Waals surface area contributed by atoms with E-state index < -0.39 is 6.10 Å². The Bertz CT molecular complexity index is 587. The summed E-state index contributed by atoms with van der Waals surface area (Å²) in [7, 11) is 0. The van der Waals surface area contributed by atoms with E-state index in [4.69, 9.17) is 4.74 Å². The second-order valence-corrected chi connectivity index (χ2v) is 5.56. The fraction of sp³-hybridized carbons (Fsp3) is 0.312. The maximum atomic E-state index is 11.8. The van der Waals surface area contributed by atoms with E-state index >= 15 is 0 Å². The predicted octanol–water partition coefficient (Wildman–Crippen LogP) is 3.39. The van der Waals surface area contributed by atoms with Crippen molar-refractivity contribution in [3.63, 3.8) is 0 Å². The van der Waals surface area contributed by atoms with Crippen molar-refractivity contribution >= 4 is 23.1 Å². The zero-order valence-corrected chi connectivity index (χ0v) is 13.2. The zero-order valence-electron chi connectivity index (χ0n) is 12.4. The lowest BCUT2D eigenvalue weighted by Gasteiger charge is -2.12. The molecule has 0 aliphatic rings. The summed E-state index contributed by atoms with van der Waals surface area (Å²) in [5.41, 5.74) is 1.45. The van der Waals surface area contributed by atoms with Crippen molar-refractivity contribution in [2.75, 3.05) is 18.5 Å². The Morgan fingerprint density at radius 1 is 1.41 bits per heavy atom. The first-order chi connectivity index (χ1) is 10.7. The van der Waals surface area contributed by atoms with Gasteiger partial charge in [0.15, 0.2) is 0 Å². The lowest BCUT2D eigenvalue weighted by molar-refractivity contribution is 0.175. The van der Waals surface area contributed by atoms with E-state index in [1.807, 2.05) is 35.9 Å². The van der Waals surface area contributed by atoms with E-state index in [9.17, 15) is 9.90 Å². The van der Waals surface area contributed by atoms with Crippen LogP contribution in [0.5, 0.6) is 5.75 Å². The van der Waals surface area contributed by atoms with E-state index in [0.29, 0.717) is 12.3 Å². The van der Waals surface area contributed by atoms with Crippen LogP contribution in [0.25, 0.3) is 0 Å². The lowest BCUT2D eigenvalue weighted by atomic mass is 10.2. The quantitative estimate of drug-likeness (QED) is 0.732. The molecule has 1 unspecified atom stereocenters. The zero-order chi connectivity index (χ0) is 15.8. The Hall–Kier alpha value is -2.05. The molecule has 0 spiro atoms. The van der Waals surface area contributed by atoms with Gasteiger partial charge in [0.2, 0.25) is 0 Å². The van der Waals surface area contributed by atoms with Crippen LogP contribution in [0.1, 0.15) is 25.0 Å². The van der Waals surface area contributed by atoms with Crippen molar-refractivity contribution in [2.24, 2.45) is 0 Å². The summed E-state index contributed by atoms with van der Waals surface area (Å²) >= 11 is 1.51. The largest absolute Gasteiger partial charge is 0.494 e. The highest BCUT2D eigenvalue weighted by Gasteiger charge is 2.10. The van der Waals surface area contributed by atoms with E-state index in [1.54, 1.807) is 12.1 Å². The minimum absolute atomic E-state index is 0.161. The summed E-state index contributed by atoms with van der Waals surface area (Å²) in [6.07, 6.45) is 0.231. The number of nitrogens with one attached hydrogen (secondary N) is 2. The molecule has 6 heteroatoms. The highest BCUT2D eigenvalue weighted by Crippen LogP contribution is 2.18. The summed E-state index contributed by atoms with van der Waals surface area (Å²) in [6.45, 7) is 2.84. The van der Waals surface area contributed by atoms with Crippen LogP contribution in [-0.4, -0.2) is 24.3 Å². The summed E-state index contributed by atoms with van der Waals surface area (Å²) in [4.78, 5) is 11.8. The molecule has 0 fully saturated rings. The van der Waals surface area contributed by atoms with Gasteiger partial charge in [-0.15, -0.1) is 0 Å². The molecule has 3 N–H and O–H groups in total. The number of hydrogen-bond acceptors (Lipinski definition) is 4. The van der Waals surface area contributed by atoms with Crippen LogP contribution in [0.3, 0.4) is 0 Å². The first-order valence-electron chi connectivity index (χ1n) is 7.17. The van der Waals surface area contributed by atoms with Crippen molar-refractivity contribution in [1.29, 1.82) is 0 Å². The highest BCUT2D eigenvalue weighted by atomic mass is 32.1. The smallest absolute Gasteiger partial charge is 0.319 e. The molecule has 0 saturated carbocycles. The number of urea groups is 1. The fourth-order valence-corrected chi connectivity index (χ4v) is 2.54. The number of aliphatic hydroxyl groups is 1. The Morgan fingerprint density at radius 2 is 2.27 bits per heavy atom. The van der Waals surface area contributed by atoms with Gasteiger partial charge in [-0.1, -0.05) is 13.0 Å². The molecule has 1 heterocycles. The first-order valence-corrected chi connectivity index (χ1v) is 8.11. The SMILES string of the molecule is CCCOc1cccc(NC(=O)NCC(O)c2ccsc2)c1. The number of anilines is 1. The molecule has 5 nitrogen and oxygen atoms in total. The Kier molecular flexibility index (Phi) is 6.24. The summed E-state index contributed by atoms with van der Waals surface area (Å²) in [5, 5.41) is 19.0. The molecule has 0 bridgehead atoms. The number of aliphatic hydroxyl groups excluding tert-OH is 1. The summed E-state index contributed by atoms with van der Waals surface area (Å²) < 4.78 is 5.51. The van der Waals surface area contributed by atoms with Gasteiger partial charge in [-0.3, -0.25) is 0 Å². The van der Waals surface area contributed by atoms with Crippen LogP contribution >= 0.6 is 11.3 Å². The molecule has 0 aliphatic heterocycles. The van der Waals surface area contributed by atoms with Crippen molar-refractivity contribution in [3.05, 3.63) is 46.7 Å². The third-order valence-electron chi connectivity index (χ3n) is 2.95. The number of hydrogen-bond donors (Lipinski definition) is 3. The molecule has 0 saturated heterocycles. The van der Waals surface area contributed by atoms with Crippen molar-refractivity contribution in [3.8, 4) is 5.75 Å². The number of thiophene rings is 1. The molecule has 0 radical (unpaired) electrons. The van der Waals surface area contributed by atoms with Crippen LogP contribution in [0, 0.1) is 0 Å². The normalized spacial score (nSPS) is 11.7. The first kappa shape index (κ1) is 16.3. The summed E-state index contributed by atoms with van der Waals surface area (Å²) in [5.74, 6) is 0.720. The van der Waals surface area contributed by atoms with Gasteiger partial charge in [0.05, 0.1) is 12.7 Å². The minimum atomic E-state index is -0.698. The fourth-order valence-electron chi connectivity index (χ4n) is 1.83. The Labute approximate surface area is 133 Å². The summed E-state index contributed by atoms with van der Waals surface area (Å²) in [6, 6.07) is 8.70. The number of benzene rings is 1. The van der Waals surface area contributed by atoms with Crippen LogP contribution in [0.4, 0.5) is 10.5 Å². The number of rotatable bonds is 7. The van der Waals surface area contributed by atoms with Crippen LogP contribution in [-0.2, 0) is 0 Å². The molecule has 118 valence electrons. The number of amides is 2. The second kappa shape index (κ2) is 8.41. The van der Waals surface area contributed by atoms with E-state index in [2.05, 4.69) is 10.6 Å². The molecule has 2 rings (SSSR count). The lowest BCUT2D eigenvalue weighted by Crippen LogP contribution is -2.32. The van der Waals surface area contributed by atoms with Gasteiger partial charge in [0.25, 0.3) is 0 Å². The minimum Gasteiger partial charge on any atom is -0.494 e. The number of carbonyl (C=O) groups is 1. The third-order valence-corrected chi connectivity index (χ3v) is 3.65. The molecule has 22 heavy (non-hydrogen) atoms. The van der Waals surface area contributed by atoms with Gasteiger partial charge in [0.1, 0.15) is 5.75 Å². The molecule has 2 amide bonds. The third kappa shape index (κ3) is 5.05. The second-order valence-electron chi connectivity index (χ2n) is 4.78. The van der Waals surface area contributed by atoms with Crippen molar-refractivity contribution in [2.45, 2.75) is 19.4 Å². The topological polar surface area (TPSA) is 70.6 Å². The average molecular weight is 320 g/mol. The van der Waals surface area contributed by atoms with Gasteiger partial charge in [-0.05, 0) is 40.9 Å². The van der Waals surface area contributed by atoms with E-state index in [0.717, 1.165) is 17.7 Å². The molecule has 1 atom stereocenters. The van der Waals surface area contributed by atoms with Gasteiger partial charge in [0, 0.05) is 18.3 Å². The van der Waals surface area contributed by atoms with Gasteiger partial charge in [-0.2, -0.15) is 11.3 Å². The van der Waals surface area contributed by atoms with Crippen LogP contribution in [0.15, 0.2) is 41.1 Å². The van der Waals surface area contributed by atoms with E-state index in [-0.39, 0.29) is 12.6 Å². The highest BCUT2D eigenvalue weighted by molar-refractivity contribution is 7.07. The van der Waals surface area contributed by atoms with Gasteiger partial charge >= 0.3 is 6.03 Å².